The summed E-state index contributed by atoms with van der Waals surface area (Å²) in [6, 6.07) is 21.9. The van der Waals surface area contributed by atoms with E-state index in [1.165, 1.54) is 12.1 Å². The van der Waals surface area contributed by atoms with Crippen molar-refractivity contribution in [3.63, 3.8) is 0 Å². The van der Waals surface area contributed by atoms with Gasteiger partial charge in [0.2, 0.25) is 0 Å². The number of carbonyl (C=O) groups is 1. The second-order valence-corrected chi connectivity index (χ2v) is 8.21. The smallest absolute Gasteiger partial charge is 0.255 e. The molecule has 0 aliphatic rings. The van der Waals surface area contributed by atoms with Gasteiger partial charge in [-0.2, -0.15) is 0 Å². The standard InChI is InChI=1S/C21H19NO4S/c1-27(25,26)19-12-6-11-18(14-19)22-21(24)17-10-5-9-16(13-17)20(23)15-7-3-2-4-8-15/h2-14,20,23H,1H3,(H,22,24). The number of amides is 1. The van der Waals surface area contributed by atoms with E-state index in [-0.39, 0.29) is 10.8 Å². The van der Waals surface area contributed by atoms with Crippen LogP contribution in [0.2, 0.25) is 0 Å². The highest BCUT2D eigenvalue weighted by Crippen LogP contribution is 2.23. The number of carbonyl (C=O) groups excluding carboxylic acids is 1. The molecule has 1 amide bonds. The van der Waals surface area contributed by atoms with Gasteiger partial charge in [0.05, 0.1) is 4.90 Å². The summed E-state index contributed by atoms with van der Waals surface area (Å²) in [5, 5.41) is 13.2. The van der Waals surface area contributed by atoms with Gasteiger partial charge in [-0.3, -0.25) is 4.79 Å². The van der Waals surface area contributed by atoms with Gasteiger partial charge >= 0.3 is 0 Å². The molecular weight excluding hydrogens is 362 g/mol. The highest BCUT2D eigenvalue weighted by Gasteiger charge is 2.14. The van der Waals surface area contributed by atoms with Gasteiger partial charge in [-0.05, 0) is 41.5 Å². The molecule has 3 aromatic carbocycles. The highest BCUT2D eigenvalue weighted by molar-refractivity contribution is 7.90. The van der Waals surface area contributed by atoms with Crippen LogP contribution in [0.3, 0.4) is 0 Å². The third kappa shape index (κ3) is 4.61. The van der Waals surface area contributed by atoms with Gasteiger partial charge in [-0.25, -0.2) is 8.42 Å². The highest BCUT2D eigenvalue weighted by atomic mass is 32.2. The number of hydrogen-bond acceptors (Lipinski definition) is 4. The van der Waals surface area contributed by atoms with E-state index in [0.29, 0.717) is 16.8 Å². The molecule has 27 heavy (non-hydrogen) atoms. The summed E-state index contributed by atoms with van der Waals surface area (Å²) in [6.07, 6.45) is 0.273. The Morgan fingerprint density at radius 2 is 1.56 bits per heavy atom. The van der Waals surface area contributed by atoms with Crippen LogP contribution in [0.5, 0.6) is 0 Å². The Labute approximate surface area is 158 Å². The number of aliphatic hydroxyl groups excluding tert-OH is 1. The van der Waals surface area contributed by atoms with Crippen molar-refractivity contribution in [2.45, 2.75) is 11.0 Å². The van der Waals surface area contributed by atoms with Crippen molar-refractivity contribution in [1.82, 2.24) is 0 Å². The number of benzene rings is 3. The maximum absolute atomic E-state index is 12.5. The van der Waals surface area contributed by atoms with E-state index in [4.69, 9.17) is 0 Å². The molecule has 0 aliphatic heterocycles. The Kier molecular flexibility index (Phi) is 5.39. The first-order valence-electron chi connectivity index (χ1n) is 8.29. The third-order valence-corrected chi connectivity index (χ3v) is 5.21. The average Bonchev–Trinajstić information content (AvgIpc) is 2.68. The predicted octanol–water partition coefficient (Wildman–Crippen LogP) is 3.42. The summed E-state index contributed by atoms with van der Waals surface area (Å²) < 4.78 is 23.3. The number of rotatable bonds is 5. The molecule has 0 fully saturated rings. The number of sulfone groups is 1. The van der Waals surface area contributed by atoms with Crippen LogP contribution in [0.25, 0.3) is 0 Å². The molecule has 0 heterocycles. The lowest BCUT2D eigenvalue weighted by Crippen LogP contribution is -2.13. The number of anilines is 1. The Balaban J connectivity index is 1.82. The van der Waals surface area contributed by atoms with E-state index >= 15 is 0 Å². The van der Waals surface area contributed by atoms with E-state index in [1.54, 1.807) is 36.4 Å². The second kappa shape index (κ2) is 7.73. The van der Waals surface area contributed by atoms with Crippen molar-refractivity contribution in [3.05, 3.63) is 95.6 Å². The van der Waals surface area contributed by atoms with Crippen LogP contribution in [-0.2, 0) is 9.84 Å². The summed E-state index contributed by atoms with van der Waals surface area (Å²) in [4.78, 5) is 12.7. The molecule has 1 atom stereocenters. The minimum Gasteiger partial charge on any atom is -0.384 e. The van der Waals surface area contributed by atoms with E-state index in [9.17, 15) is 18.3 Å². The van der Waals surface area contributed by atoms with Gasteiger partial charge in [-0.15, -0.1) is 0 Å². The van der Waals surface area contributed by atoms with Gasteiger partial charge in [0.15, 0.2) is 9.84 Å². The Morgan fingerprint density at radius 1 is 0.889 bits per heavy atom. The van der Waals surface area contributed by atoms with Crippen molar-refractivity contribution in [2.24, 2.45) is 0 Å². The topological polar surface area (TPSA) is 83.5 Å². The molecule has 0 saturated carbocycles. The predicted molar refractivity (Wildman–Crippen MR) is 104 cm³/mol. The quantitative estimate of drug-likeness (QED) is 0.709. The minimum absolute atomic E-state index is 0.133. The normalized spacial score (nSPS) is 12.4. The molecule has 138 valence electrons. The SMILES string of the molecule is CS(=O)(=O)c1cccc(NC(=O)c2cccc(C(O)c3ccccc3)c2)c1. The molecule has 0 aliphatic carbocycles. The maximum atomic E-state index is 12.5. The lowest BCUT2D eigenvalue weighted by Gasteiger charge is -2.13. The molecule has 0 bridgehead atoms. The lowest BCUT2D eigenvalue weighted by atomic mass is 9.99. The molecule has 0 saturated heterocycles. The van der Waals surface area contributed by atoms with Crippen LogP contribution in [-0.4, -0.2) is 25.7 Å². The van der Waals surface area contributed by atoms with Gasteiger partial charge in [0.1, 0.15) is 6.10 Å². The fourth-order valence-corrected chi connectivity index (χ4v) is 3.35. The Hall–Kier alpha value is -2.96. The fraction of sp³-hybridized carbons (Fsp3) is 0.0952. The van der Waals surface area contributed by atoms with E-state index < -0.39 is 15.9 Å². The third-order valence-electron chi connectivity index (χ3n) is 4.10. The van der Waals surface area contributed by atoms with Crippen LogP contribution >= 0.6 is 0 Å². The number of hydrogen-bond donors (Lipinski definition) is 2. The monoisotopic (exact) mass is 381 g/mol. The van der Waals surface area contributed by atoms with Crippen LogP contribution < -0.4 is 5.32 Å². The van der Waals surface area contributed by atoms with Crippen molar-refractivity contribution >= 4 is 21.4 Å². The van der Waals surface area contributed by atoms with Crippen LogP contribution in [0.1, 0.15) is 27.6 Å². The summed E-state index contributed by atoms with van der Waals surface area (Å²) in [5.74, 6) is -0.386. The maximum Gasteiger partial charge on any atom is 0.255 e. The molecule has 1 unspecified atom stereocenters. The molecule has 6 heteroatoms. The summed E-state index contributed by atoms with van der Waals surface area (Å²) >= 11 is 0. The van der Waals surface area contributed by atoms with Crippen LogP contribution in [0, 0.1) is 0 Å². The van der Waals surface area contributed by atoms with Crippen molar-refractivity contribution in [1.29, 1.82) is 0 Å². The fourth-order valence-electron chi connectivity index (χ4n) is 2.69. The second-order valence-electron chi connectivity index (χ2n) is 6.19. The zero-order valence-corrected chi connectivity index (χ0v) is 15.5. The summed E-state index contributed by atoms with van der Waals surface area (Å²) in [6.45, 7) is 0. The van der Waals surface area contributed by atoms with Crippen LogP contribution in [0.4, 0.5) is 5.69 Å². The average molecular weight is 381 g/mol. The number of nitrogens with one attached hydrogen (secondary N) is 1. The van der Waals surface area contributed by atoms with Crippen LogP contribution in [0.15, 0.2) is 83.8 Å². The molecule has 5 nitrogen and oxygen atoms in total. The Bertz CT molecular complexity index is 1060. The molecule has 2 N–H and O–H groups in total. The van der Waals surface area contributed by atoms with E-state index in [0.717, 1.165) is 11.8 Å². The zero-order chi connectivity index (χ0) is 19.4. The summed E-state index contributed by atoms with van der Waals surface area (Å²) in [7, 11) is -3.36. The molecule has 0 radical (unpaired) electrons. The molecule has 3 rings (SSSR count). The first kappa shape index (κ1) is 18.8. The van der Waals surface area contributed by atoms with E-state index in [2.05, 4.69) is 5.32 Å². The van der Waals surface area contributed by atoms with Gasteiger partial charge in [0.25, 0.3) is 5.91 Å². The summed E-state index contributed by atoms with van der Waals surface area (Å²) in [5.41, 5.74) is 2.08. The lowest BCUT2D eigenvalue weighted by molar-refractivity contribution is 0.102. The molecule has 0 spiro atoms. The molecule has 0 aromatic heterocycles. The van der Waals surface area contributed by atoms with Gasteiger partial charge < -0.3 is 10.4 Å². The first-order chi connectivity index (χ1) is 12.8. The van der Waals surface area contributed by atoms with Crippen molar-refractivity contribution in [3.8, 4) is 0 Å². The van der Waals surface area contributed by atoms with Gasteiger partial charge in [-0.1, -0.05) is 48.5 Å². The zero-order valence-electron chi connectivity index (χ0n) is 14.7. The number of aliphatic hydroxyl groups is 1. The van der Waals surface area contributed by atoms with E-state index in [1.807, 2.05) is 30.3 Å². The Morgan fingerprint density at radius 3 is 2.26 bits per heavy atom. The molecule has 3 aromatic rings. The molecular formula is C21H19NO4S. The van der Waals surface area contributed by atoms with Gasteiger partial charge in [0, 0.05) is 17.5 Å². The minimum atomic E-state index is -3.36. The van der Waals surface area contributed by atoms with Crippen molar-refractivity contribution < 1.29 is 18.3 Å². The largest absolute Gasteiger partial charge is 0.384 e. The van der Waals surface area contributed by atoms with Crippen molar-refractivity contribution in [2.75, 3.05) is 11.6 Å². The first-order valence-corrected chi connectivity index (χ1v) is 10.2.